The van der Waals surface area contributed by atoms with Gasteiger partial charge in [-0.1, -0.05) is 18.2 Å². The van der Waals surface area contributed by atoms with E-state index >= 15 is 0 Å². The largest absolute Gasteiger partial charge is 0.507 e. The quantitative estimate of drug-likeness (QED) is 0.335. The molecule has 2 aromatic rings. The molecule has 1 atom stereocenters. The molecule has 3 rings (SSSR count). The van der Waals surface area contributed by atoms with Gasteiger partial charge < -0.3 is 19.5 Å². The Kier molecular flexibility index (Phi) is 6.29. The lowest BCUT2D eigenvalue weighted by atomic mass is 9.94. The molecule has 2 aromatic carbocycles. The first-order valence-electron chi connectivity index (χ1n) is 9.15. The Morgan fingerprint density at radius 1 is 1.10 bits per heavy atom. The highest BCUT2D eigenvalue weighted by atomic mass is 19.1. The summed E-state index contributed by atoms with van der Waals surface area (Å²) in [6.07, 6.45) is 0.520. The molecule has 0 bridgehead atoms. The summed E-state index contributed by atoms with van der Waals surface area (Å²) in [5.41, 5.74) is 0.778. The minimum Gasteiger partial charge on any atom is -0.507 e. The number of likely N-dealkylation sites (tertiary alicyclic amines) is 1. The first-order valence-corrected chi connectivity index (χ1v) is 9.15. The molecular weight excluding hydrogens is 377 g/mol. The van der Waals surface area contributed by atoms with Crippen molar-refractivity contribution in [2.24, 2.45) is 0 Å². The molecule has 0 aliphatic carbocycles. The van der Waals surface area contributed by atoms with Gasteiger partial charge in [0, 0.05) is 31.4 Å². The van der Waals surface area contributed by atoms with Gasteiger partial charge in [0.25, 0.3) is 11.7 Å². The minimum absolute atomic E-state index is 0.0523. The molecule has 1 N–H and O–H groups in total. The van der Waals surface area contributed by atoms with Crippen LogP contribution in [-0.2, 0) is 14.3 Å². The summed E-state index contributed by atoms with van der Waals surface area (Å²) in [6.45, 7) is 0.681. The molecule has 6 nitrogen and oxygen atoms in total. The summed E-state index contributed by atoms with van der Waals surface area (Å²) in [5.74, 6) is -1.83. The fraction of sp³-hybridized carbons (Fsp3) is 0.273. The second-order valence-electron chi connectivity index (χ2n) is 6.59. The molecular formula is C22H22FNO5. The number of carbonyl (C=O) groups is 2. The highest BCUT2D eigenvalue weighted by Crippen LogP contribution is 2.42. The third-order valence-corrected chi connectivity index (χ3v) is 4.84. The molecule has 1 saturated heterocycles. The molecule has 152 valence electrons. The van der Waals surface area contributed by atoms with Gasteiger partial charge in [-0.3, -0.25) is 9.59 Å². The average molecular weight is 399 g/mol. The highest BCUT2D eigenvalue weighted by molar-refractivity contribution is 6.46. The Morgan fingerprint density at radius 2 is 1.79 bits per heavy atom. The number of nitrogens with zero attached hydrogens (tertiary/aromatic N) is 1. The number of rotatable bonds is 7. The fourth-order valence-corrected chi connectivity index (χ4v) is 3.47. The number of Topliss-reactive ketones (excluding diaryl/α,β-unsaturated/α-hetero) is 1. The van der Waals surface area contributed by atoms with E-state index in [2.05, 4.69) is 0 Å². The van der Waals surface area contributed by atoms with Crippen LogP contribution in [0.4, 0.5) is 4.39 Å². The van der Waals surface area contributed by atoms with E-state index in [0.717, 1.165) is 0 Å². The van der Waals surface area contributed by atoms with Gasteiger partial charge in [-0.25, -0.2) is 4.39 Å². The summed E-state index contributed by atoms with van der Waals surface area (Å²) in [7, 11) is 3.05. The fourth-order valence-electron chi connectivity index (χ4n) is 3.47. The van der Waals surface area contributed by atoms with Crippen molar-refractivity contribution in [3.8, 4) is 5.75 Å². The standard InChI is InChI=1S/C22H22FNO5/c1-28-13-5-12-24-19(16-6-3-4-7-17(16)29-2)18(21(26)22(24)27)20(25)14-8-10-15(23)11-9-14/h3-4,6-11,19,25H,5,12-13H2,1-2H3/b20-18-. The van der Waals surface area contributed by atoms with Crippen molar-refractivity contribution < 1.29 is 28.6 Å². The van der Waals surface area contributed by atoms with Gasteiger partial charge in [0.2, 0.25) is 0 Å². The van der Waals surface area contributed by atoms with Crippen molar-refractivity contribution in [3.63, 3.8) is 0 Å². The van der Waals surface area contributed by atoms with Gasteiger partial charge in [-0.2, -0.15) is 0 Å². The second-order valence-corrected chi connectivity index (χ2v) is 6.59. The van der Waals surface area contributed by atoms with Crippen LogP contribution >= 0.6 is 0 Å². The van der Waals surface area contributed by atoms with Gasteiger partial charge in [-0.05, 0) is 36.8 Å². The summed E-state index contributed by atoms with van der Waals surface area (Å²) in [4.78, 5) is 27.0. The molecule has 1 unspecified atom stereocenters. The van der Waals surface area contributed by atoms with E-state index in [4.69, 9.17) is 9.47 Å². The maximum absolute atomic E-state index is 13.3. The molecule has 29 heavy (non-hydrogen) atoms. The van der Waals surface area contributed by atoms with E-state index in [-0.39, 0.29) is 23.4 Å². The molecule has 1 aliphatic heterocycles. The summed E-state index contributed by atoms with van der Waals surface area (Å²) in [5, 5.41) is 10.9. The van der Waals surface area contributed by atoms with Crippen molar-refractivity contribution in [3.05, 3.63) is 71.0 Å². The summed E-state index contributed by atoms with van der Waals surface area (Å²) in [6, 6.07) is 11.3. The number of halogens is 1. The molecule has 1 heterocycles. The number of methoxy groups -OCH3 is 2. The summed E-state index contributed by atoms with van der Waals surface area (Å²) < 4.78 is 23.8. The molecule has 1 amide bonds. The third-order valence-electron chi connectivity index (χ3n) is 4.84. The lowest BCUT2D eigenvalue weighted by molar-refractivity contribution is -0.140. The monoisotopic (exact) mass is 399 g/mol. The average Bonchev–Trinajstić information content (AvgIpc) is 2.98. The van der Waals surface area contributed by atoms with Crippen LogP contribution in [0.5, 0.6) is 5.75 Å². The SMILES string of the molecule is COCCCN1C(=O)C(=O)/C(=C(\O)c2ccc(F)cc2)C1c1ccccc1OC. The number of aliphatic hydroxyl groups excluding tert-OH is 1. The maximum Gasteiger partial charge on any atom is 0.295 e. The number of aliphatic hydroxyl groups is 1. The Labute approximate surface area is 168 Å². The van der Waals surface area contributed by atoms with E-state index in [0.29, 0.717) is 24.3 Å². The zero-order valence-electron chi connectivity index (χ0n) is 16.2. The van der Waals surface area contributed by atoms with Gasteiger partial charge in [0.1, 0.15) is 17.3 Å². The molecule has 0 radical (unpaired) electrons. The predicted octanol–water partition coefficient (Wildman–Crippen LogP) is 3.29. The Hall–Kier alpha value is -3.19. The Morgan fingerprint density at radius 3 is 2.45 bits per heavy atom. The van der Waals surface area contributed by atoms with Crippen molar-refractivity contribution >= 4 is 17.4 Å². The van der Waals surface area contributed by atoms with Gasteiger partial charge in [0.15, 0.2) is 0 Å². The second kappa shape index (κ2) is 8.87. The van der Waals surface area contributed by atoms with Crippen molar-refractivity contribution in [1.29, 1.82) is 0 Å². The van der Waals surface area contributed by atoms with E-state index in [1.54, 1.807) is 31.4 Å². The number of amides is 1. The lowest BCUT2D eigenvalue weighted by Gasteiger charge is -2.26. The van der Waals surface area contributed by atoms with Crippen LogP contribution in [0.15, 0.2) is 54.1 Å². The van der Waals surface area contributed by atoms with Crippen LogP contribution in [0.2, 0.25) is 0 Å². The lowest BCUT2D eigenvalue weighted by Crippen LogP contribution is -2.31. The van der Waals surface area contributed by atoms with Crippen LogP contribution < -0.4 is 4.74 Å². The number of ether oxygens (including phenoxy) is 2. The van der Waals surface area contributed by atoms with Crippen molar-refractivity contribution in [2.45, 2.75) is 12.5 Å². The number of para-hydroxylation sites is 1. The summed E-state index contributed by atoms with van der Waals surface area (Å²) >= 11 is 0. The molecule has 1 fully saturated rings. The maximum atomic E-state index is 13.3. The van der Waals surface area contributed by atoms with E-state index in [1.807, 2.05) is 0 Å². The highest BCUT2D eigenvalue weighted by Gasteiger charge is 2.46. The van der Waals surface area contributed by atoms with E-state index in [9.17, 15) is 19.1 Å². The molecule has 1 aliphatic rings. The van der Waals surface area contributed by atoms with Gasteiger partial charge in [-0.15, -0.1) is 0 Å². The van der Waals surface area contributed by atoms with Crippen LogP contribution in [0, 0.1) is 5.82 Å². The Balaban J connectivity index is 2.16. The van der Waals surface area contributed by atoms with Crippen LogP contribution in [0.1, 0.15) is 23.6 Å². The zero-order chi connectivity index (χ0) is 21.0. The molecule has 7 heteroatoms. The van der Waals surface area contributed by atoms with Crippen LogP contribution in [-0.4, -0.2) is 49.1 Å². The molecule has 0 saturated carbocycles. The number of hydrogen-bond donors (Lipinski definition) is 1. The Bertz CT molecular complexity index is 938. The minimum atomic E-state index is -0.826. The third kappa shape index (κ3) is 4.00. The zero-order valence-corrected chi connectivity index (χ0v) is 16.2. The number of hydrogen-bond acceptors (Lipinski definition) is 5. The molecule has 0 spiro atoms. The topological polar surface area (TPSA) is 76.1 Å². The first kappa shape index (κ1) is 20.5. The molecule has 0 aromatic heterocycles. The smallest absolute Gasteiger partial charge is 0.295 e. The first-order chi connectivity index (χ1) is 14.0. The van der Waals surface area contributed by atoms with Crippen LogP contribution in [0.3, 0.4) is 0 Å². The normalized spacial score (nSPS) is 18.3. The van der Waals surface area contributed by atoms with Gasteiger partial charge in [0.05, 0.1) is 18.7 Å². The predicted molar refractivity (Wildman–Crippen MR) is 105 cm³/mol. The number of benzene rings is 2. The van der Waals surface area contributed by atoms with Gasteiger partial charge >= 0.3 is 0 Å². The van der Waals surface area contributed by atoms with E-state index in [1.165, 1.54) is 36.3 Å². The van der Waals surface area contributed by atoms with Crippen molar-refractivity contribution in [2.75, 3.05) is 27.4 Å². The number of ketones is 1. The number of carbonyl (C=O) groups excluding carboxylic acids is 2. The van der Waals surface area contributed by atoms with Crippen LogP contribution in [0.25, 0.3) is 5.76 Å². The van der Waals surface area contributed by atoms with E-state index < -0.39 is 23.5 Å². The van der Waals surface area contributed by atoms with Crippen molar-refractivity contribution in [1.82, 2.24) is 4.90 Å².